The largest absolute Gasteiger partial charge is 0.481 e. The standard InChI is InChI=1S/C18H29N5O2/c1-13(2)20-18(24)23(12-14-4-5-14)15-7-10-22(11-8-15)17-19-9-6-16(21-17)25-3/h6,9,13-15H,4-5,7-8,10-12H2,1-3H3,(H,20,24). The molecule has 0 spiro atoms. The maximum atomic E-state index is 12.6. The quantitative estimate of drug-likeness (QED) is 0.855. The maximum absolute atomic E-state index is 12.6. The number of carbonyl (C=O) groups excluding carboxylic acids is 1. The van der Waals surface area contributed by atoms with Gasteiger partial charge in [-0.3, -0.25) is 0 Å². The summed E-state index contributed by atoms with van der Waals surface area (Å²) in [7, 11) is 1.61. The van der Waals surface area contributed by atoms with E-state index in [2.05, 4.69) is 25.1 Å². The lowest BCUT2D eigenvalue weighted by Gasteiger charge is -2.39. The molecule has 1 aromatic rings. The van der Waals surface area contributed by atoms with E-state index >= 15 is 0 Å². The van der Waals surface area contributed by atoms with Crippen LogP contribution in [0.1, 0.15) is 39.5 Å². The van der Waals surface area contributed by atoms with Crippen LogP contribution in [0.5, 0.6) is 5.88 Å². The zero-order valence-corrected chi connectivity index (χ0v) is 15.4. The number of methoxy groups -OCH3 is 1. The van der Waals surface area contributed by atoms with Gasteiger partial charge in [0.25, 0.3) is 0 Å². The molecule has 0 radical (unpaired) electrons. The molecule has 1 N–H and O–H groups in total. The zero-order valence-electron chi connectivity index (χ0n) is 15.4. The fraction of sp³-hybridized carbons (Fsp3) is 0.722. The highest BCUT2D eigenvalue weighted by Gasteiger charge is 2.33. The summed E-state index contributed by atoms with van der Waals surface area (Å²) in [4.78, 5) is 25.6. The number of piperidine rings is 1. The third kappa shape index (κ3) is 4.74. The third-order valence-corrected chi connectivity index (χ3v) is 4.84. The number of hydrogen-bond donors (Lipinski definition) is 1. The Morgan fingerprint density at radius 1 is 1.36 bits per heavy atom. The molecule has 1 aromatic heterocycles. The first-order chi connectivity index (χ1) is 12.1. The molecular formula is C18H29N5O2. The molecule has 7 heteroatoms. The van der Waals surface area contributed by atoms with E-state index in [1.54, 1.807) is 19.4 Å². The summed E-state index contributed by atoms with van der Waals surface area (Å²) in [6, 6.07) is 2.29. The van der Waals surface area contributed by atoms with Crippen LogP contribution < -0.4 is 15.0 Å². The van der Waals surface area contributed by atoms with E-state index in [1.807, 2.05) is 13.8 Å². The molecular weight excluding hydrogens is 318 g/mol. The van der Waals surface area contributed by atoms with E-state index in [1.165, 1.54) is 12.8 Å². The molecule has 138 valence electrons. The molecule has 1 aliphatic carbocycles. The molecule has 2 amide bonds. The van der Waals surface area contributed by atoms with E-state index in [9.17, 15) is 4.79 Å². The van der Waals surface area contributed by atoms with Crippen LogP contribution in [-0.2, 0) is 0 Å². The van der Waals surface area contributed by atoms with E-state index < -0.39 is 0 Å². The predicted octanol–water partition coefficient (Wildman–Crippen LogP) is 2.28. The molecule has 0 atom stereocenters. The van der Waals surface area contributed by atoms with Gasteiger partial charge in [-0.05, 0) is 45.4 Å². The molecule has 3 rings (SSSR count). The number of nitrogens with zero attached hydrogens (tertiary/aromatic N) is 4. The molecule has 0 aromatic carbocycles. The van der Waals surface area contributed by atoms with Crippen molar-refractivity contribution in [2.75, 3.05) is 31.6 Å². The topological polar surface area (TPSA) is 70.6 Å². The van der Waals surface area contributed by atoms with E-state index in [-0.39, 0.29) is 12.1 Å². The normalized spacial score (nSPS) is 18.3. The van der Waals surface area contributed by atoms with E-state index in [4.69, 9.17) is 4.74 Å². The minimum absolute atomic E-state index is 0.0815. The van der Waals surface area contributed by atoms with Crippen LogP contribution in [0, 0.1) is 5.92 Å². The fourth-order valence-corrected chi connectivity index (χ4v) is 3.28. The van der Waals surface area contributed by atoms with Crippen molar-refractivity contribution in [3.63, 3.8) is 0 Å². The van der Waals surface area contributed by atoms with Crippen LogP contribution in [-0.4, -0.2) is 59.7 Å². The van der Waals surface area contributed by atoms with Crippen molar-refractivity contribution in [2.24, 2.45) is 5.92 Å². The number of hydrogen-bond acceptors (Lipinski definition) is 5. The van der Waals surface area contributed by atoms with Crippen LogP contribution >= 0.6 is 0 Å². The smallest absolute Gasteiger partial charge is 0.317 e. The molecule has 2 heterocycles. The molecule has 25 heavy (non-hydrogen) atoms. The lowest BCUT2D eigenvalue weighted by atomic mass is 10.0. The van der Waals surface area contributed by atoms with Gasteiger partial charge in [-0.2, -0.15) is 4.98 Å². The van der Waals surface area contributed by atoms with Crippen LogP contribution in [0.3, 0.4) is 0 Å². The molecule has 0 unspecified atom stereocenters. The molecule has 0 bridgehead atoms. The van der Waals surface area contributed by atoms with Crippen molar-refractivity contribution < 1.29 is 9.53 Å². The summed E-state index contributed by atoms with van der Waals surface area (Å²) in [5.41, 5.74) is 0. The zero-order chi connectivity index (χ0) is 17.8. The Labute approximate surface area is 149 Å². The molecule has 1 saturated heterocycles. The Kier molecular flexibility index (Phi) is 5.60. The molecule has 7 nitrogen and oxygen atoms in total. The monoisotopic (exact) mass is 347 g/mol. The van der Waals surface area contributed by atoms with Crippen molar-refractivity contribution in [3.05, 3.63) is 12.3 Å². The Bertz CT molecular complexity index is 583. The second-order valence-corrected chi connectivity index (χ2v) is 7.32. The van der Waals surface area contributed by atoms with Crippen molar-refractivity contribution in [1.29, 1.82) is 0 Å². The molecule has 1 saturated carbocycles. The SMILES string of the molecule is COc1ccnc(N2CCC(N(CC3CC3)C(=O)NC(C)C)CC2)n1. The summed E-state index contributed by atoms with van der Waals surface area (Å²) in [5.74, 6) is 1.98. The Hall–Kier alpha value is -2.05. The molecule has 1 aliphatic heterocycles. The highest BCUT2D eigenvalue weighted by atomic mass is 16.5. The van der Waals surface area contributed by atoms with Gasteiger partial charge in [-0.25, -0.2) is 9.78 Å². The number of urea groups is 1. The summed E-state index contributed by atoms with van der Waals surface area (Å²) in [6.45, 7) is 6.62. The predicted molar refractivity (Wildman–Crippen MR) is 96.9 cm³/mol. The van der Waals surface area contributed by atoms with Crippen LogP contribution in [0.4, 0.5) is 10.7 Å². The lowest BCUT2D eigenvalue weighted by Crippen LogP contribution is -2.52. The van der Waals surface area contributed by atoms with Gasteiger partial charge in [0.05, 0.1) is 7.11 Å². The van der Waals surface area contributed by atoms with Gasteiger partial charge in [-0.1, -0.05) is 0 Å². The van der Waals surface area contributed by atoms with Gasteiger partial charge in [0.15, 0.2) is 0 Å². The maximum Gasteiger partial charge on any atom is 0.317 e. The van der Waals surface area contributed by atoms with Crippen molar-refractivity contribution in [1.82, 2.24) is 20.2 Å². The second kappa shape index (κ2) is 7.89. The molecule has 2 fully saturated rings. The van der Waals surface area contributed by atoms with E-state index in [0.29, 0.717) is 23.8 Å². The van der Waals surface area contributed by atoms with Crippen molar-refractivity contribution in [3.8, 4) is 5.88 Å². The molecule has 2 aliphatic rings. The second-order valence-electron chi connectivity index (χ2n) is 7.32. The number of amides is 2. The summed E-state index contributed by atoms with van der Waals surface area (Å²) in [6.07, 6.45) is 6.12. The first-order valence-electron chi connectivity index (χ1n) is 9.26. The number of aromatic nitrogens is 2. The Balaban J connectivity index is 1.60. The van der Waals surface area contributed by atoms with Gasteiger partial charge < -0.3 is 19.9 Å². The summed E-state index contributed by atoms with van der Waals surface area (Å²) >= 11 is 0. The number of nitrogens with one attached hydrogen (secondary N) is 1. The third-order valence-electron chi connectivity index (χ3n) is 4.84. The minimum atomic E-state index is 0.0815. The van der Waals surface area contributed by atoms with Gasteiger partial charge in [-0.15, -0.1) is 0 Å². The number of anilines is 1. The van der Waals surface area contributed by atoms with Crippen molar-refractivity contribution in [2.45, 2.75) is 51.6 Å². The van der Waals surface area contributed by atoms with Gasteiger partial charge in [0, 0.05) is 44.0 Å². The number of rotatable bonds is 6. The van der Waals surface area contributed by atoms with Crippen LogP contribution in [0.15, 0.2) is 12.3 Å². The lowest BCUT2D eigenvalue weighted by molar-refractivity contribution is 0.156. The summed E-state index contributed by atoms with van der Waals surface area (Å²) < 4.78 is 5.19. The average Bonchev–Trinajstić information content (AvgIpc) is 3.43. The first-order valence-corrected chi connectivity index (χ1v) is 9.26. The van der Waals surface area contributed by atoms with Gasteiger partial charge in [0.1, 0.15) is 0 Å². The first kappa shape index (κ1) is 17.8. The Morgan fingerprint density at radius 3 is 2.68 bits per heavy atom. The number of ether oxygens (including phenoxy) is 1. The van der Waals surface area contributed by atoms with Gasteiger partial charge >= 0.3 is 6.03 Å². The van der Waals surface area contributed by atoms with Crippen LogP contribution in [0.25, 0.3) is 0 Å². The average molecular weight is 347 g/mol. The highest BCUT2D eigenvalue weighted by Crippen LogP contribution is 2.32. The Morgan fingerprint density at radius 2 is 2.08 bits per heavy atom. The van der Waals surface area contributed by atoms with Crippen LogP contribution in [0.2, 0.25) is 0 Å². The highest BCUT2D eigenvalue weighted by molar-refractivity contribution is 5.75. The number of carbonyl (C=O) groups is 1. The van der Waals surface area contributed by atoms with Crippen molar-refractivity contribution >= 4 is 12.0 Å². The fourth-order valence-electron chi connectivity index (χ4n) is 3.28. The minimum Gasteiger partial charge on any atom is -0.481 e. The summed E-state index contributed by atoms with van der Waals surface area (Å²) in [5, 5.41) is 3.06. The van der Waals surface area contributed by atoms with E-state index in [0.717, 1.165) is 32.5 Å². The van der Waals surface area contributed by atoms with Gasteiger partial charge in [0.2, 0.25) is 11.8 Å².